The molecule has 0 amide bonds. The van der Waals surface area contributed by atoms with E-state index in [1.54, 1.807) is 16.8 Å². The quantitative estimate of drug-likeness (QED) is 0.708. The first-order chi connectivity index (χ1) is 12.1. The highest BCUT2D eigenvalue weighted by molar-refractivity contribution is 6.31. The van der Waals surface area contributed by atoms with Crippen LogP contribution in [-0.4, -0.2) is 34.5 Å². The van der Waals surface area contributed by atoms with Crippen molar-refractivity contribution in [1.29, 1.82) is 5.26 Å². The SMILES string of the molecule is Cn1cc(C2CN(c3cc(C#N)c4cc(Cl)ccc4n3)CCO2)cn1. The molecule has 0 N–H and O–H groups in total. The maximum absolute atomic E-state index is 9.51. The number of rotatable bonds is 2. The number of aromatic nitrogens is 3. The smallest absolute Gasteiger partial charge is 0.130 e. The predicted molar refractivity (Wildman–Crippen MR) is 95.6 cm³/mol. The van der Waals surface area contributed by atoms with Crippen molar-refractivity contribution in [3.05, 3.63) is 52.8 Å². The lowest BCUT2D eigenvalue weighted by Gasteiger charge is -2.33. The number of nitriles is 1. The Hall–Kier alpha value is -2.62. The number of ether oxygens (including phenoxy) is 1. The average Bonchev–Trinajstić information content (AvgIpc) is 3.07. The zero-order valence-corrected chi connectivity index (χ0v) is 14.4. The minimum atomic E-state index is -0.0595. The van der Waals surface area contributed by atoms with Crippen molar-refractivity contribution >= 4 is 28.3 Å². The van der Waals surface area contributed by atoms with Crippen LogP contribution in [0.3, 0.4) is 0 Å². The summed E-state index contributed by atoms with van der Waals surface area (Å²) < 4.78 is 7.65. The zero-order valence-electron chi connectivity index (χ0n) is 13.7. The van der Waals surface area contributed by atoms with Crippen LogP contribution in [0.1, 0.15) is 17.2 Å². The molecule has 4 rings (SSSR count). The van der Waals surface area contributed by atoms with Gasteiger partial charge in [-0.25, -0.2) is 4.98 Å². The highest BCUT2D eigenvalue weighted by Crippen LogP contribution is 2.29. The van der Waals surface area contributed by atoms with Gasteiger partial charge in [0.25, 0.3) is 0 Å². The maximum Gasteiger partial charge on any atom is 0.130 e. The van der Waals surface area contributed by atoms with E-state index in [0.29, 0.717) is 23.7 Å². The van der Waals surface area contributed by atoms with Crippen LogP contribution < -0.4 is 4.90 Å². The molecule has 0 saturated carbocycles. The van der Waals surface area contributed by atoms with Gasteiger partial charge in [-0.1, -0.05) is 11.6 Å². The summed E-state index contributed by atoms with van der Waals surface area (Å²) in [4.78, 5) is 6.87. The van der Waals surface area contributed by atoms with E-state index >= 15 is 0 Å². The molecular formula is C18H16ClN5O. The molecule has 1 aliphatic rings. The first kappa shape index (κ1) is 15.9. The van der Waals surface area contributed by atoms with Gasteiger partial charge in [-0.2, -0.15) is 10.4 Å². The van der Waals surface area contributed by atoms with Crippen LogP contribution in [-0.2, 0) is 11.8 Å². The number of hydrogen-bond acceptors (Lipinski definition) is 5. The van der Waals surface area contributed by atoms with Gasteiger partial charge in [-0.3, -0.25) is 4.68 Å². The molecule has 1 unspecified atom stereocenters. The van der Waals surface area contributed by atoms with Crippen molar-refractivity contribution in [2.45, 2.75) is 6.10 Å². The van der Waals surface area contributed by atoms with Gasteiger partial charge in [0.2, 0.25) is 0 Å². The number of morpholine rings is 1. The number of anilines is 1. The molecule has 0 spiro atoms. The van der Waals surface area contributed by atoms with E-state index in [1.807, 2.05) is 31.6 Å². The fourth-order valence-corrected chi connectivity index (χ4v) is 3.28. The van der Waals surface area contributed by atoms with Gasteiger partial charge in [0.05, 0.1) is 30.0 Å². The third-order valence-corrected chi connectivity index (χ3v) is 4.60. The molecule has 1 aromatic carbocycles. The van der Waals surface area contributed by atoms with Crippen LogP contribution in [0.25, 0.3) is 10.9 Å². The molecule has 0 aliphatic carbocycles. The third-order valence-electron chi connectivity index (χ3n) is 4.36. The van der Waals surface area contributed by atoms with E-state index in [1.165, 1.54) is 0 Å². The molecule has 6 nitrogen and oxygen atoms in total. The largest absolute Gasteiger partial charge is 0.370 e. The van der Waals surface area contributed by atoms with Crippen LogP contribution in [0.2, 0.25) is 5.02 Å². The first-order valence-electron chi connectivity index (χ1n) is 7.99. The maximum atomic E-state index is 9.51. The molecule has 7 heteroatoms. The van der Waals surface area contributed by atoms with Crippen molar-refractivity contribution in [3.8, 4) is 6.07 Å². The summed E-state index contributed by atoms with van der Waals surface area (Å²) >= 11 is 6.05. The number of halogens is 1. The summed E-state index contributed by atoms with van der Waals surface area (Å²) in [6.45, 7) is 2.00. The van der Waals surface area contributed by atoms with Gasteiger partial charge < -0.3 is 9.64 Å². The molecule has 1 atom stereocenters. The molecule has 1 fully saturated rings. The van der Waals surface area contributed by atoms with Gasteiger partial charge >= 0.3 is 0 Å². The first-order valence-corrected chi connectivity index (χ1v) is 8.37. The molecule has 0 bridgehead atoms. The number of pyridine rings is 1. The van der Waals surface area contributed by atoms with Crippen molar-refractivity contribution < 1.29 is 4.74 Å². The standard InChI is InChI=1S/C18H16ClN5O/c1-23-10-13(9-21-23)17-11-24(4-5-25-17)18-6-12(8-20)15-7-14(19)2-3-16(15)22-18/h2-3,6-7,9-10,17H,4-5,11H2,1H3. The van der Waals surface area contributed by atoms with Crippen molar-refractivity contribution in [1.82, 2.24) is 14.8 Å². The highest BCUT2D eigenvalue weighted by Gasteiger charge is 2.24. The summed E-state index contributed by atoms with van der Waals surface area (Å²) in [5, 5.41) is 15.1. The summed E-state index contributed by atoms with van der Waals surface area (Å²) in [6, 6.07) is 9.50. The number of benzene rings is 1. The van der Waals surface area contributed by atoms with Gasteiger partial charge in [0, 0.05) is 42.3 Å². The van der Waals surface area contributed by atoms with E-state index in [-0.39, 0.29) is 6.10 Å². The monoisotopic (exact) mass is 353 g/mol. The summed E-state index contributed by atoms with van der Waals surface area (Å²) in [5.41, 5.74) is 2.38. The van der Waals surface area contributed by atoms with Crippen LogP contribution in [0.5, 0.6) is 0 Å². The summed E-state index contributed by atoms with van der Waals surface area (Å²) in [6.07, 6.45) is 3.73. The second-order valence-corrected chi connectivity index (χ2v) is 6.49. The molecule has 3 aromatic rings. The van der Waals surface area contributed by atoms with Gasteiger partial charge in [-0.15, -0.1) is 0 Å². The van der Waals surface area contributed by atoms with E-state index in [0.717, 1.165) is 28.8 Å². The molecule has 126 valence electrons. The lowest BCUT2D eigenvalue weighted by molar-refractivity contribution is 0.0395. The highest BCUT2D eigenvalue weighted by atomic mass is 35.5. The molecule has 1 saturated heterocycles. The summed E-state index contributed by atoms with van der Waals surface area (Å²) in [7, 11) is 1.89. The van der Waals surface area contributed by atoms with Crippen molar-refractivity contribution in [2.24, 2.45) is 7.05 Å². The van der Waals surface area contributed by atoms with Crippen molar-refractivity contribution in [2.75, 3.05) is 24.6 Å². The van der Waals surface area contributed by atoms with Crippen molar-refractivity contribution in [3.63, 3.8) is 0 Å². The van der Waals surface area contributed by atoms with Gasteiger partial charge in [-0.05, 0) is 24.3 Å². The van der Waals surface area contributed by atoms with E-state index in [2.05, 4.69) is 16.1 Å². The number of hydrogen-bond donors (Lipinski definition) is 0. The van der Waals surface area contributed by atoms with E-state index in [9.17, 15) is 5.26 Å². The number of fused-ring (bicyclic) bond motifs is 1. The fourth-order valence-electron chi connectivity index (χ4n) is 3.10. The van der Waals surface area contributed by atoms with Crippen LogP contribution in [0.4, 0.5) is 5.82 Å². The minimum absolute atomic E-state index is 0.0595. The second kappa shape index (κ2) is 6.36. The number of nitrogens with zero attached hydrogens (tertiary/aromatic N) is 5. The average molecular weight is 354 g/mol. The molecule has 1 aliphatic heterocycles. The molecule has 3 heterocycles. The third kappa shape index (κ3) is 3.04. The lowest BCUT2D eigenvalue weighted by atomic mass is 10.1. The van der Waals surface area contributed by atoms with E-state index in [4.69, 9.17) is 21.3 Å². The van der Waals surface area contributed by atoms with Gasteiger partial charge in [0.1, 0.15) is 11.9 Å². The molecule has 2 aromatic heterocycles. The summed E-state index contributed by atoms with van der Waals surface area (Å²) in [5.74, 6) is 0.781. The number of aryl methyl sites for hydroxylation is 1. The Morgan fingerprint density at radius 2 is 2.24 bits per heavy atom. The second-order valence-electron chi connectivity index (χ2n) is 6.05. The van der Waals surface area contributed by atoms with Gasteiger partial charge in [0.15, 0.2) is 0 Å². The lowest BCUT2D eigenvalue weighted by Crippen LogP contribution is -2.38. The van der Waals surface area contributed by atoms with Crippen LogP contribution in [0, 0.1) is 11.3 Å². The van der Waals surface area contributed by atoms with E-state index < -0.39 is 0 Å². The van der Waals surface area contributed by atoms with Crippen LogP contribution in [0.15, 0.2) is 36.7 Å². The topological polar surface area (TPSA) is 67.0 Å². The Kier molecular flexibility index (Phi) is 4.04. The molecule has 0 radical (unpaired) electrons. The Bertz CT molecular complexity index is 977. The normalized spacial score (nSPS) is 17.6. The Morgan fingerprint density at radius 3 is 3.00 bits per heavy atom. The Balaban J connectivity index is 1.69. The zero-order chi connectivity index (χ0) is 17.4. The van der Waals surface area contributed by atoms with Crippen LogP contribution >= 0.6 is 11.6 Å². The Labute approximate surface area is 150 Å². The molecular weight excluding hydrogens is 338 g/mol. The fraction of sp³-hybridized carbons (Fsp3) is 0.278. The predicted octanol–water partition coefficient (Wildman–Crippen LogP) is 3.07. The molecule has 25 heavy (non-hydrogen) atoms. The Morgan fingerprint density at radius 1 is 1.36 bits per heavy atom. The minimum Gasteiger partial charge on any atom is -0.370 e.